The van der Waals surface area contributed by atoms with E-state index in [1.54, 1.807) is 18.2 Å². The lowest BCUT2D eigenvalue weighted by atomic mass is 10.1. The number of carboxylic acids is 1. The molecule has 3 N–H and O–H groups in total. The van der Waals surface area contributed by atoms with Crippen molar-refractivity contribution in [2.75, 3.05) is 11.9 Å². The van der Waals surface area contributed by atoms with Crippen molar-refractivity contribution >= 4 is 40.8 Å². The summed E-state index contributed by atoms with van der Waals surface area (Å²) < 4.78 is 0. The van der Waals surface area contributed by atoms with Gasteiger partial charge in [-0.25, -0.2) is 0 Å². The number of amides is 1. The number of hydrogen-bond acceptors (Lipinski definition) is 3. The Hall–Kier alpha value is -2.08. The molecule has 0 fully saturated rings. The molecule has 0 saturated carbocycles. The Labute approximate surface area is 156 Å². The minimum absolute atomic E-state index is 0.215. The van der Waals surface area contributed by atoms with E-state index < -0.39 is 17.9 Å². The molecule has 0 aliphatic heterocycles. The van der Waals surface area contributed by atoms with Gasteiger partial charge in [0.05, 0.1) is 22.2 Å². The normalized spacial score (nSPS) is 11.8. The number of carbonyl (C=O) groups is 2. The van der Waals surface area contributed by atoms with E-state index in [0.29, 0.717) is 23.7 Å². The van der Waals surface area contributed by atoms with Crippen LogP contribution < -0.4 is 10.6 Å². The number of benzene rings is 2. The van der Waals surface area contributed by atoms with Gasteiger partial charge in [0.2, 0.25) is 5.91 Å². The van der Waals surface area contributed by atoms with Crippen LogP contribution in [0.5, 0.6) is 0 Å². The van der Waals surface area contributed by atoms with Crippen LogP contribution >= 0.6 is 23.2 Å². The van der Waals surface area contributed by atoms with E-state index in [0.717, 1.165) is 5.56 Å². The predicted octanol–water partition coefficient (Wildman–Crippen LogP) is 3.61. The van der Waals surface area contributed by atoms with Crippen LogP contribution in [0.4, 0.5) is 5.69 Å². The van der Waals surface area contributed by atoms with Gasteiger partial charge >= 0.3 is 5.97 Å². The van der Waals surface area contributed by atoms with Gasteiger partial charge in [0.1, 0.15) is 6.04 Å². The van der Waals surface area contributed by atoms with Crippen LogP contribution in [0.2, 0.25) is 10.0 Å². The van der Waals surface area contributed by atoms with Crippen molar-refractivity contribution < 1.29 is 14.7 Å². The predicted molar refractivity (Wildman–Crippen MR) is 99.3 cm³/mol. The molecule has 25 heavy (non-hydrogen) atoms. The van der Waals surface area contributed by atoms with Gasteiger partial charge in [-0.3, -0.25) is 9.59 Å². The van der Waals surface area contributed by atoms with Crippen molar-refractivity contribution in [1.82, 2.24) is 5.32 Å². The Kier molecular flexibility index (Phi) is 7.25. The van der Waals surface area contributed by atoms with E-state index in [-0.39, 0.29) is 11.4 Å². The summed E-state index contributed by atoms with van der Waals surface area (Å²) in [5, 5.41) is 15.3. The fourth-order valence-electron chi connectivity index (χ4n) is 2.27. The average molecular weight is 381 g/mol. The molecule has 2 aromatic rings. The summed E-state index contributed by atoms with van der Waals surface area (Å²) in [6.45, 7) is 0.451. The molecule has 2 rings (SSSR count). The quantitative estimate of drug-likeness (QED) is 0.653. The molecule has 0 spiro atoms. The standard InChI is InChI=1S/C18H18Cl2N2O3/c19-13-7-4-8-14(17(13)20)22-16(23)11-15(18(24)25)21-10-9-12-5-2-1-3-6-12/h1-8,15,21H,9-11H2,(H,22,23)(H,24,25). The molecule has 0 bridgehead atoms. The lowest BCUT2D eigenvalue weighted by molar-refractivity contribution is -0.141. The van der Waals surface area contributed by atoms with Crippen LogP contribution in [0.25, 0.3) is 0 Å². The van der Waals surface area contributed by atoms with Crippen LogP contribution in [-0.4, -0.2) is 29.6 Å². The first-order chi connectivity index (χ1) is 12.0. The second-order valence-corrected chi connectivity index (χ2v) is 6.22. The molecule has 0 aliphatic carbocycles. The Morgan fingerprint density at radius 1 is 1.04 bits per heavy atom. The molecule has 132 valence electrons. The van der Waals surface area contributed by atoms with Crippen LogP contribution in [0.1, 0.15) is 12.0 Å². The summed E-state index contributed by atoms with van der Waals surface area (Å²) in [6, 6.07) is 13.6. The molecule has 0 heterocycles. The van der Waals surface area contributed by atoms with Gasteiger partial charge in [-0.1, -0.05) is 59.6 Å². The highest BCUT2D eigenvalue weighted by Gasteiger charge is 2.21. The van der Waals surface area contributed by atoms with Crippen molar-refractivity contribution in [1.29, 1.82) is 0 Å². The average Bonchev–Trinajstić information content (AvgIpc) is 2.59. The molecule has 0 aromatic heterocycles. The highest BCUT2D eigenvalue weighted by molar-refractivity contribution is 6.43. The fourth-order valence-corrected chi connectivity index (χ4v) is 2.62. The largest absolute Gasteiger partial charge is 0.480 e. The van der Waals surface area contributed by atoms with Crippen LogP contribution in [0.3, 0.4) is 0 Å². The minimum atomic E-state index is -1.08. The SMILES string of the molecule is O=C(CC(NCCc1ccccc1)C(=O)O)Nc1cccc(Cl)c1Cl. The highest BCUT2D eigenvalue weighted by atomic mass is 35.5. The molecular weight excluding hydrogens is 363 g/mol. The summed E-state index contributed by atoms with van der Waals surface area (Å²) >= 11 is 11.9. The smallest absolute Gasteiger partial charge is 0.321 e. The van der Waals surface area contributed by atoms with Crippen LogP contribution in [0, 0.1) is 0 Å². The maximum atomic E-state index is 12.1. The monoisotopic (exact) mass is 380 g/mol. The van der Waals surface area contributed by atoms with Crippen LogP contribution in [-0.2, 0) is 16.0 Å². The van der Waals surface area contributed by atoms with Gasteiger partial charge in [0.25, 0.3) is 0 Å². The van der Waals surface area contributed by atoms with E-state index in [1.165, 1.54) is 0 Å². The maximum Gasteiger partial charge on any atom is 0.321 e. The molecule has 0 aliphatic rings. The Morgan fingerprint density at radius 3 is 2.44 bits per heavy atom. The summed E-state index contributed by atoms with van der Waals surface area (Å²) in [5.41, 5.74) is 1.45. The fraction of sp³-hybridized carbons (Fsp3) is 0.222. The minimum Gasteiger partial charge on any atom is -0.480 e. The van der Waals surface area contributed by atoms with Gasteiger partial charge in [-0.05, 0) is 30.7 Å². The van der Waals surface area contributed by atoms with E-state index in [2.05, 4.69) is 10.6 Å². The Balaban J connectivity index is 1.88. The zero-order chi connectivity index (χ0) is 18.2. The summed E-state index contributed by atoms with van der Waals surface area (Å²) in [7, 11) is 0. The number of rotatable bonds is 8. The Bertz CT molecular complexity index is 738. The van der Waals surface area contributed by atoms with Crippen molar-refractivity contribution in [2.45, 2.75) is 18.9 Å². The zero-order valence-electron chi connectivity index (χ0n) is 13.3. The molecule has 1 atom stereocenters. The lowest BCUT2D eigenvalue weighted by Crippen LogP contribution is -2.40. The number of nitrogens with one attached hydrogen (secondary N) is 2. The van der Waals surface area contributed by atoms with Crippen molar-refractivity contribution in [3.8, 4) is 0 Å². The third-order valence-corrected chi connectivity index (χ3v) is 4.38. The highest BCUT2D eigenvalue weighted by Crippen LogP contribution is 2.29. The lowest BCUT2D eigenvalue weighted by Gasteiger charge is -2.15. The van der Waals surface area contributed by atoms with E-state index in [1.807, 2.05) is 30.3 Å². The van der Waals surface area contributed by atoms with E-state index in [4.69, 9.17) is 23.2 Å². The molecule has 2 aromatic carbocycles. The third-order valence-electron chi connectivity index (χ3n) is 3.56. The van der Waals surface area contributed by atoms with Crippen LogP contribution in [0.15, 0.2) is 48.5 Å². The van der Waals surface area contributed by atoms with Gasteiger partial charge in [0, 0.05) is 0 Å². The molecule has 0 saturated heterocycles. The molecule has 1 amide bonds. The third kappa shape index (κ3) is 6.05. The first-order valence-corrected chi connectivity index (χ1v) is 8.47. The maximum absolute atomic E-state index is 12.1. The number of halogens is 2. The summed E-state index contributed by atoms with van der Waals surface area (Å²) in [4.78, 5) is 23.5. The van der Waals surface area contributed by atoms with Gasteiger partial charge < -0.3 is 15.7 Å². The molecule has 1 unspecified atom stereocenters. The van der Waals surface area contributed by atoms with Crippen molar-refractivity contribution in [3.63, 3.8) is 0 Å². The first-order valence-electron chi connectivity index (χ1n) is 7.71. The molecular formula is C18H18Cl2N2O3. The number of aliphatic carboxylic acids is 1. The van der Waals surface area contributed by atoms with Gasteiger partial charge in [-0.2, -0.15) is 0 Å². The summed E-state index contributed by atoms with van der Waals surface area (Å²) in [5.74, 6) is -1.54. The van der Waals surface area contributed by atoms with Gasteiger partial charge in [0.15, 0.2) is 0 Å². The second-order valence-electron chi connectivity index (χ2n) is 5.43. The zero-order valence-corrected chi connectivity index (χ0v) is 14.8. The number of carbonyl (C=O) groups excluding carboxylic acids is 1. The van der Waals surface area contributed by atoms with E-state index in [9.17, 15) is 14.7 Å². The number of anilines is 1. The van der Waals surface area contributed by atoms with Crippen molar-refractivity contribution in [3.05, 3.63) is 64.1 Å². The number of hydrogen-bond donors (Lipinski definition) is 3. The second kappa shape index (κ2) is 9.42. The van der Waals surface area contributed by atoms with Crippen molar-refractivity contribution in [2.24, 2.45) is 0 Å². The topological polar surface area (TPSA) is 78.4 Å². The number of carboxylic acid groups (broad SMARTS) is 1. The van der Waals surface area contributed by atoms with E-state index >= 15 is 0 Å². The first kappa shape index (κ1) is 19.2. The summed E-state index contributed by atoms with van der Waals surface area (Å²) in [6.07, 6.45) is 0.458. The molecule has 0 radical (unpaired) electrons. The Morgan fingerprint density at radius 2 is 1.76 bits per heavy atom. The molecule has 5 nitrogen and oxygen atoms in total. The molecule has 7 heteroatoms. The van der Waals surface area contributed by atoms with Gasteiger partial charge in [-0.15, -0.1) is 0 Å².